The van der Waals surface area contributed by atoms with Gasteiger partial charge in [-0.2, -0.15) is 0 Å². The van der Waals surface area contributed by atoms with Gasteiger partial charge in [-0.1, -0.05) is 72.2 Å². The van der Waals surface area contributed by atoms with Crippen molar-refractivity contribution in [3.05, 3.63) is 93.5 Å². The average molecular weight is 525 g/mol. The highest BCUT2D eigenvalue weighted by molar-refractivity contribution is 8.27. The van der Waals surface area contributed by atoms with Crippen LogP contribution in [0, 0.1) is 0 Å². The van der Waals surface area contributed by atoms with Crippen molar-refractivity contribution in [2.24, 2.45) is 0 Å². The maximum atomic E-state index is 12.8. The van der Waals surface area contributed by atoms with Crippen LogP contribution in [-0.2, 0) is 22.7 Å². The molecule has 0 bridgehead atoms. The highest BCUT2D eigenvalue weighted by atomic mass is 32.2. The summed E-state index contributed by atoms with van der Waals surface area (Å²) in [6.45, 7) is 0.737. The number of rotatable bonds is 6. The first kappa shape index (κ1) is 22.9. The summed E-state index contributed by atoms with van der Waals surface area (Å²) >= 11 is 13.3. The van der Waals surface area contributed by atoms with Crippen molar-refractivity contribution in [1.29, 1.82) is 0 Å². The molecule has 0 saturated carbocycles. The van der Waals surface area contributed by atoms with Crippen molar-refractivity contribution < 1.29 is 18.4 Å². The minimum atomic E-state index is -0.142. The van der Waals surface area contributed by atoms with Gasteiger partial charge in [-0.05, 0) is 35.4 Å². The summed E-state index contributed by atoms with van der Waals surface area (Å²) in [7, 11) is 0. The summed E-state index contributed by atoms with van der Waals surface area (Å²) in [4.78, 5) is 29.8. The first-order chi connectivity index (χ1) is 16.5. The van der Waals surface area contributed by atoms with E-state index in [-0.39, 0.29) is 11.8 Å². The van der Waals surface area contributed by atoms with Gasteiger partial charge < -0.3 is 8.83 Å². The van der Waals surface area contributed by atoms with Crippen LogP contribution in [0.2, 0.25) is 0 Å². The van der Waals surface area contributed by atoms with Crippen molar-refractivity contribution in [3.63, 3.8) is 0 Å². The third kappa shape index (κ3) is 4.80. The van der Waals surface area contributed by atoms with Gasteiger partial charge in [0, 0.05) is 12.2 Å². The normalized spacial score (nSPS) is 18.8. The van der Waals surface area contributed by atoms with E-state index in [9.17, 15) is 9.59 Å². The molecule has 3 aromatic rings. The standard InChI is InChI=1S/C24H16N2O4S4/c27-21-19(11-17-3-1-9-29-17)33-23(31)25(21)13-15-5-7-16(8-6-15)14-26-22(28)20(34-24(26)32)12-18-4-2-10-30-18/h1-12H,13-14H2/b19-11-,20-12-. The Morgan fingerprint density at radius 2 is 1.12 bits per heavy atom. The zero-order valence-corrected chi connectivity index (χ0v) is 20.8. The largest absolute Gasteiger partial charge is 0.465 e. The van der Waals surface area contributed by atoms with Gasteiger partial charge >= 0.3 is 0 Å². The summed E-state index contributed by atoms with van der Waals surface area (Å²) in [5.41, 5.74) is 1.87. The molecule has 2 aliphatic heterocycles. The molecule has 0 spiro atoms. The van der Waals surface area contributed by atoms with E-state index in [0.29, 0.717) is 43.1 Å². The van der Waals surface area contributed by atoms with Gasteiger partial charge in [0.25, 0.3) is 11.8 Å². The van der Waals surface area contributed by atoms with Crippen molar-refractivity contribution in [1.82, 2.24) is 9.80 Å². The minimum absolute atomic E-state index is 0.142. The van der Waals surface area contributed by atoms with Crippen LogP contribution in [-0.4, -0.2) is 30.3 Å². The first-order valence-electron chi connectivity index (χ1n) is 10.1. The minimum Gasteiger partial charge on any atom is -0.465 e. The van der Waals surface area contributed by atoms with E-state index in [4.69, 9.17) is 33.3 Å². The van der Waals surface area contributed by atoms with E-state index in [1.54, 1.807) is 58.7 Å². The summed E-state index contributed by atoms with van der Waals surface area (Å²) in [5.74, 6) is 0.937. The number of thiocarbonyl (C=S) groups is 2. The van der Waals surface area contributed by atoms with Crippen molar-refractivity contribution in [2.75, 3.05) is 0 Å². The van der Waals surface area contributed by atoms with E-state index in [1.807, 2.05) is 24.3 Å². The van der Waals surface area contributed by atoms with Crippen LogP contribution < -0.4 is 0 Å². The molecule has 0 aliphatic carbocycles. The highest BCUT2D eigenvalue weighted by Gasteiger charge is 2.33. The van der Waals surface area contributed by atoms with Gasteiger partial charge in [-0.15, -0.1) is 0 Å². The predicted molar refractivity (Wildman–Crippen MR) is 141 cm³/mol. The zero-order valence-electron chi connectivity index (χ0n) is 17.5. The molecular formula is C24H16N2O4S4. The Hall–Kier alpha value is -2.92. The number of hydrogen-bond acceptors (Lipinski definition) is 8. The molecular weight excluding hydrogens is 509 g/mol. The molecule has 2 saturated heterocycles. The Kier molecular flexibility index (Phi) is 6.55. The van der Waals surface area contributed by atoms with Crippen molar-refractivity contribution in [2.45, 2.75) is 13.1 Å². The lowest BCUT2D eigenvalue weighted by Crippen LogP contribution is -2.28. The zero-order chi connectivity index (χ0) is 23.7. The maximum absolute atomic E-state index is 12.8. The predicted octanol–water partition coefficient (Wildman–Crippen LogP) is 5.68. The average Bonchev–Trinajstić information content (AvgIpc) is 3.61. The molecule has 34 heavy (non-hydrogen) atoms. The molecule has 0 radical (unpaired) electrons. The molecule has 10 heteroatoms. The van der Waals surface area contributed by atoms with Gasteiger partial charge in [0.05, 0.1) is 35.4 Å². The fourth-order valence-electron chi connectivity index (χ4n) is 3.39. The molecule has 1 aromatic carbocycles. The van der Waals surface area contributed by atoms with E-state index < -0.39 is 0 Å². The third-order valence-corrected chi connectivity index (χ3v) is 7.84. The molecule has 170 valence electrons. The van der Waals surface area contributed by atoms with Crippen LogP contribution >= 0.6 is 48.0 Å². The van der Waals surface area contributed by atoms with Gasteiger partial charge in [-0.3, -0.25) is 19.4 Å². The molecule has 5 rings (SSSR count). The second kappa shape index (κ2) is 9.75. The van der Waals surface area contributed by atoms with Gasteiger partial charge in [0.2, 0.25) is 0 Å². The van der Waals surface area contributed by atoms with Crippen LogP contribution in [0.4, 0.5) is 0 Å². The second-order valence-corrected chi connectivity index (χ2v) is 10.7. The third-order valence-electron chi connectivity index (χ3n) is 5.08. The summed E-state index contributed by atoms with van der Waals surface area (Å²) < 4.78 is 11.6. The highest BCUT2D eigenvalue weighted by Crippen LogP contribution is 2.35. The smallest absolute Gasteiger partial charge is 0.266 e. The van der Waals surface area contributed by atoms with E-state index in [1.165, 1.54) is 23.5 Å². The fourth-order valence-corrected chi connectivity index (χ4v) is 5.86. The Labute approximate surface area is 214 Å². The van der Waals surface area contributed by atoms with Gasteiger partial charge in [0.15, 0.2) is 0 Å². The Morgan fingerprint density at radius 3 is 1.47 bits per heavy atom. The molecule has 2 fully saturated rings. The lowest BCUT2D eigenvalue weighted by atomic mass is 10.1. The molecule has 6 nitrogen and oxygen atoms in total. The molecule has 2 amide bonds. The SMILES string of the molecule is O=C1/C(=C/c2ccco2)SC(=S)N1Cc1ccc(CN2C(=O)/C(=C/c3ccco3)SC2=S)cc1. The Bertz CT molecular complexity index is 1220. The molecule has 0 atom stereocenters. The molecule has 2 aliphatic rings. The number of furan rings is 2. The topological polar surface area (TPSA) is 66.9 Å². The van der Waals surface area contributed by atoms with E-state index in [0.717, 1.165) is 11.1 Å². The number of hydrogen-bond donors (Lipinski definition) is 0. The quantitative estimate of drug-likeness (QED) is 0.302. The monoisotopic (exact) mass is 524 g/mol. The first-order valence-corrected chi connectivity index (χ1v) is 12.6. The molecule has 2 aromatic heterocycles. The van der Waals surface area contributed by atoms with Crippen LogP contribution in [0.1, 0.15) is 22.6 Å². The molecule has 0 unspecified atom stereocenters. The fraction of sp³-hybridized carbons (Fsp3) is 0.0833. The Morgan fingerprint density at radius 1 is 0.706 bits per heavy atom. The van der Waals surface area contributed by atoms with Crippen LogP contribution in [0.15, 0.2) is 79.7 Å². The van der Waals surface area contributed by atoms with Crippen LogP contribution in [0.3, 0.4) is 0 Å². The number of benzene rings is 1. The van der Waals surface area contributed by atoms with Crippen molar-refractivity contribution >= 4 is 80.6 Å². The van der Waals surface area contributed by atoms with E-state index in [2.05, 4.69) is 0 Å². The van der Waals surface area contributed by atoms with Crippen LogP contribution in [0.25, 0.3) is 12.2 Å². The number of nitrogens with zero attached hydrogens (tertiary/aromatic N) is 2. The van der Waals surface area contributed by atoms with Gasteiger partial charge in [-0.25, -0.2) is 0 Å². The number of carbonyl (C=O) groups excluding carboxylic acids is 2. The number of carbonyl (C=O) groups is 2. The Balaban J connectivity index is 1.24. The van der Waals surface area contributed by atoms with Gasteiger partial charge in [0.1, 0.15) is 20.2 Å². The van der Waals surface area contributed by atoms with Crippen LogP contribution in [0.5, 0.6) is 0 Å². The summed E-state index contributed by atoms with van der Waals surface area (Å²) in [6.07, 6.45) is 6.52. The van der Waals surface area contributed by atoms with Crippen molar-refractivity contribution in [3.8, 4) is 0 Å². The maximum Gasteiger partial charge on any atom is 0.266 e. The number of thioether (sulfide) groups is 2. The van der Waals surface area contributed by atoms with E-state index >= 15 is 0 Å². The summed E-state index contributed by atoms with van der Waals surface area (Å²) in [5, 5.41) is 0. The summed E-state index contributed by atoms with van der Waals surface area (Å²) in [6, 6.07) is 14.8. The second-order valence-electron chi connectivity index (χ2n) is 7.38. The molecule has 4 heterocycles. The lowest BCUT2D eigenvalue weighted by molar-refractivity contribution is -0.123. The lowest BCUT2D eigenvalue weighted by Gasteiger charge is -2.16. The molecule has 0 N–H and O–H groups in total. The number of amides is 2.